The molecule has 3 rings (SSSR count). The molecule has 27 heavy (non-hydrogen) atoms. The van der Waals surface area contributed by atoms with Crippen LogP contribution in [0.2, 0.25) is 0 Å². The molecule has 1 amide bonds. The van der Waals surface area contributed by atoms with Crippen molar-refractivity contribution in [2.45, 2.75) is 11.3 Å². The van der Waals surface area contributed by atoms with Crippen LogP contribution < -0.4 is 0 Å². The van der Waals surface area contributed by atoms with Crippen molar-refractivity contribution in [2.24, 2.45) is 0 Å². The lowest BCUT2D eigenvalue weighted by Gasteiger charge is -2.34. The molecule has 1 aliphatic rings. The van der Waals surface area contributed by atoms with E-state index in [2.05, 4.69) is 0 Å². The first-order valence-electron chi connectivity index (χ1n) is 8.29. The van der Waals surface area contributed by atoms with Gasteiger partial charge in [0.1, 0.15) is 22.3 Å². The quantitative estimate of drug-likeness (QED) is 0.854. The number of nitrogens with zero attached hydrogens (tertiary/aromatic N) is 2. The fourth-order valence-electron chi connectivity index (χ4n) is 2.94. The van der Waals surface area contributed by atoms with Gasteiger partial charge in [0.05, 0.1) is 6.42 Å². The molecule has 0 spiro atoms. The van der Waals surface area contributed by atoms with Crippen molar-refractivity contribution in [1.82, 2.24) is 9.21 Å². The van der Waals surface area contributed by atoms with Crippen LogP contribution in [-0.2, 0) is 21.2 Å². The molecule has 0 saturated carbocycles. The van der Waals surface area contributed by atoms with E-state index in [1.165, 1.54) is 11.0 Å². The van der Waals surface area contributed by atoms with Crippen LogP contribution in [0.1, 0.15) is 5.56 Å². The van der Waals surface area contributed by atoms with E-state index in [9.17, 15) is 27.1 Å². The van der Waals surface area contributed by atoms with Crippen LogP contribution in [0.25, 0.3) is 0 Å². The lowest BCUT2D eigenvalue weighted by Crippen LogP contribution is -2.51. The third-order valence-corrected chi connectivity index (χ3v) is 6.37. The second-order valence-electron chi connectivity index (χ2n) is 6.17. The van der Waals surface area contributed by atoms with Crippen molar-refractivity contribution in [3.05, 3.63) is 59.7 Å². The van der Waals surface area contributed by atoms with Crippen LogP contribution in [0.3, 0.4) is 0 Å². The highest BCUT2D eigenvalue weighted by molar-refractivity contribution is 7.89. The molecule has 0 bridgehead atoms. The molecule has 0 radical (unpaired) electrons. The number of carbonyl (C=O) groups excluding carboxylic acids is 1. The Labute approximate surface area is 155 Å². The second-order valence-corrected chi connectivity index (χ2v) is 8.07. The molecule has 144 valence electrons. The molecule has 0 atom stereocenters. The smallest absolute Gasteiger partial charge is 0.246 e. The first kappa shape index (κ1) is 19.2. The Morgan fingerprint density at radius 3 is 2.33 bits per heavy atom. The number of aromatic hydroxyl groups is 1. The number of carbonyl (C=O) groups is 1. The van der Waals surface area contributed by atoms with Gasteiger partial charge in [-0.15, -0.1) is 0 Å². The minimum atomic E-state index is -4.11. The van der Waals surface area contributed by atoms with E-state index < -0.39 is 26.6 Å². The van der Waals surface area contributed by atoms with Crippen LogP contribution in [-0.4, -0.2) is 54.8 Å². The molecule has 1 heterocycles. The van der Waals surface area contributed by atoms with Crippen molar-refractivity contribution in [3.63, 3.8) is 0 Å². The summed E-state index contributed by atoms with van der Waals surface area (Å²) in [5, 5.41) is 9.76. The summed E-state index contributed by atoms with van der Waals surface area (Å²) >= 11 is 0. The van der Waals surface area contributed by atoms with Crippen molar-refractivity contribution < 1.29 is 27.1 Å². The predicted octanol–water partition coefficient (Wildman–Crippen LogP) is 1.75. The normalized spacial score (nSPS) is 15.7. The maximum absolute atomic E-state index is 13.9. The van der Waals surface area contributed by atoms with Crippen molar-refractivity contribution in [1.29, 1.82) is 0 Å². The number of piperazine rings is 1. The zero-order valence-electron chi connectivity index (χ0n) is 14.3. The lowest BCUT2D eigenvalue weighted by molar-refractivity contribution is -0.131. The first-order chi connectivity index (χ1) is 12.8. The summed E-state index contributed by atoms with van der Waals surface area (Å²) in [7, 11) is -4.11. The number of hydrogen-bond donors (Lipinski definition) is 1. The molecule has 2 aromatic rings. The molecule has 9 heteroatoms. The minimum absolute atomic E-state index is 0.00562. The van der Waals surface area contributed by atoms with Crippen LogP contribution in [0, 0.1) is 11.6 Å². The van der Waals surface area contributed by atoms with Gasteiger partial charge in [0.25, 0.3) is 0 Å². The van der Waals surface area contributed by atoms with E-state index in [4.69, 9.17) is 0 Å². The molecular formula is C18H18F2N2O4S. The van der Waals surface area contributed by atoms with Gasteiger partial charge in [-0.1, -0.05) is 18.2 Å². The number of sulfonamides is 1. The van der Waals surface area contributed by atoms with Crippen LogP contribution in [0.15, 0.2) is 47.4 Å². The van der Waals surface area contributed by atoms with Gasteiger partial charge in [-0.05, 0) is 18.2 Å². The summed E-state index contributed by atoms with van der Waals surface area (Å²) in [4.78, 5) is 13.3. The highest BCUT2D eigenvalue weighted by Crippen LogP contribution is 2.22. The highest BCUT2D eigenvalue weighted by atomic mass is 32.2. The number of rotatable bonds is 4. The van der Waals surface area contributed by atoms with Gasteiger partial charge in [-0.25, -0.2) is 17.2 Å². The molecule has 1 N–H and O–H groups in total. The van der Waals surface area contributed by atoms with Gasteiger partial charge in [-0.3, -0.25) is 4.79 Å². The highest BCUT2D eigenvalue weighted by Gasteiger charge is 2.32. The van der Waals surface area contributed by atoms with E-state index in [-0.39, 0.29) is 44.3 Å². The van der Waals surface area contributed by atoms with Gasteiger partial charge in [0, 0.05) is 37.8 Å². The molecule has 2 aromatic carbocycles. The zero-order valence-corrected chi connectivity index (χ0v) is 15.1. The minimum Gasteiger partial charge on any atom is -0.508 e. The second kappa shape index (κ2) is 7.61. The third-order valence-electron chi connectivity index (χ3n) is 4.44. The monoisotopic (exact) mass is 396 g/mol. The van der Waals surface area contributed by atoms with Gasteiger partial charge in [0.15, 0.2) is 0 Å². The van der Waals surface area contributed by atoms with Gasteiger partial charge < -0.3 is 10.0 Å². The molecule has 6 nitrogen and oxygen atoms in total. The predicted molar refractivity (Wildman–Crippen MR) is 93.5 cm³/mol. The maximum atomic E-state index is 13.9. The molecule has 0 aliphatic carbocycles. The van der Waals surface area contributed by atoms with E-state index >= 15 is 0 Å². The Balaban J connectivity index is 1.66. The summed E-state index contributed by atoms with van der Waals surface area (Å²) in [6, 6.07) is 8.82. The van der Waals surface area contributed by atoms with Gasteiger partial charge in [-0.2, -0.15) is 4.31 Å². The van der Waals surface area contributed by atoms with Gasteiger partial charge >= 0.3 is 0 Å². The average molecular weight is 396 g/mol. The van der Waals surface area contributed by atoms with E-state index in [0.29, 0.717) is 11.6 Å². The Kier molecular flexibility index (Phi) is 5.43. The fraction of sp³-hybridized carbons (Fsp3) is 0.278. The van der Waals surface area contributed by atoms with Crippen LogP contribution in [0.5, 0.6) is 5.75 Å². The number of halogens is 2. The Hall–Kier alpha value is -2.52. The standard InChI is InChI=1S/C18H18F2N2O4S/c19-14-5-6-17(15(20)12-14)27(25,26)22-9-7-21(8-10-22)18(24)11-13-3-1-2-4-16(13)23/h1-6,12,23H,7-11H2. The van der Waals surface area contributed by atoms with Crippen molar-refractivity contribution >= 4 is 15.9 Å². The number of amides is 1. The first-order valence-corrected chi connectivity index (χ1v) is 9.73. The Morgan fingerprint density at radius 1 is 1.04 bits per heavy atom. The summed E-state index contributed by atoms with van der Waals surface area (Å²) < 4.78 is 53.1. The third kappa shape index (κ3) is 4.09. The Bertz CT molecular complexity index is 958. The summed E-state index contributed by atoms with van der Waals surface area (Å²) in [5.41, 5.74) is 0.492. The van der Waals surface area contributed by atoms with E-state index in [1.807, 2.05) is 0 Å². The summed E-state index contributed by atoms with van der Waals surface area (Å²) in [6.45, 7) is 0.306. The van der Waals surface area contributed by atoms with E-state index in [0.717, 1.165) is 16.4 Å². The number of phenolic OH excluding ortho intramolecular Hbond substituents is 1. The number of benzene rings is 2. The number of para-hydroxylation sites is 1. The largest absolute Gasteiger partial charge is 0.508 e. The average Bonchev–Trinajstić information content (AvgIpc) is 2.63. The summed E-state index contributed by atoms with van der Waals surface area (Å²) in [6.07, 6.45) is 0.00597. The van der Waals surface area contributed by atoms with Crippen LogP contribution >= 0.6 is 0 Å². The summed E-state index contributed by atoms with van der Waals surface area (Å²) in [5.74, 6) is -2.21. The zero-order chi connectivity index (χ0) is 19.6. The molecule has 0 unspecified atom stereocenters. The van der Waals surface area contributed by atoms with E-state index in [1.54, 1.807) is 18.2 Å². The number of phenols is 1. The van der Waals surface area contributed by atoms with Crippen molar-refractivity contribution in [3.8, 4) is 5.75 Å². The van der Waals surface area contributed by atoms with Crippen LogP contribution in [0.4, 0.5) is 8.78 Å². The topological polar surface area (TPSA) is 77.9 Å². The molecule has 1 aliphatic heterocycles. The maximum Gasteiger partial charge on any atom is 0.246 e. The molecular weight excluding hydrogens is 378 g/mol. The van der Waals surface area contributed by atoms with Crippen molar-refractivity contribution in [2.75, 3.05) is 26.2 Å². The molecule has 1 saturated heterocycles. The Morgan fingerprint density at radius 2 is 1.70 bits per heavy atom. The molecule has 1 fully saturated rings. The molecule has 0 aromatic heterocycles. The fourth-order valence-corrected chi connectivity index (χ4v) is 4.40. The lowest BCUT2D eigenvalue weighted by atomic mass is 10.1. The SMILES string of the molecule is O=C(Cc1ccccc1O)N1CCN(S(=O)(=O)c2ccc(F)cc2F)CC1. The van der Waals surface area contributed by atoms with Gasteiger partial charge in [0.2, 0.25) is 15.9 Å². The number of hydrogen-bond acceptors (Lipinski definition) is 4.